The Bertz CT molecular complexity index is 1140. The minimum absolute atomic E-state index is 0.332. The molecular formula is C25H27ClFN3O3. The van der Waals surface area contributed by atoms with Gasteiger partial charge in [0.2, 0.25) is 5.91 Å². The number of aromatic nitrogens is 2. The van der Waals surface area contributed by atoms with Crippen LogP contribution in [0.1, 0.15) is 36.8 Å². The van der Waals surface area contributed by atoms with E-state index in [1.165, 1.54) is 25.3 Å². The van der Waals surface area contributed by atoms with Gasteiger partial charge in [-0.05, 0) is 47.4 Å². The maximum Gasteiger partial charge on any atom is 0.244 e. The Balaban J connectivity index is 1.81. The van der Waals surface area contributed by atoms with Crippen LogP contribution in [0.15, 0.2) is 54.9 Å². The summed E-state index contributed by atoms with van der Waals surface area (Å²) in [7, 11) is 3.35. The zero-order chi connectivity index (χ0) is 24.0. The van der Waals surface area contributed by atoms with Gasteiger partial charge < -0.3 is 19.4 Å². The van der Waals surface area contributed by atoms with E-state index in [-0.39, 0.29) is 5.91 Å². The van der Waals surface area contributed by atoms with Gasteiger partial charge in [0, 0.05) is 25.5 Å². The normalized spacial score (nSPS) is 12.2. The highest BCUT2D eigenvalue weighted by Crippen LogP contribution is 2.37. The van der Waals surface area contributed by atoms with E-state index in [0.717, 1.165) is 0 Å². The van der Waals surface area contributed by atoms with Crippen molar-refractivity contribution in [1.29, 1.82) is 0 Å². The fraction of sp³-hybridized carbons (Fsp3) is 0.280. The number of ether oxygens (including phenoxy) is 2. The fourth-order valence-corrected chi connectivity index (χ4v) is 3.50. The highest BCUT2D eigenvalue weighted by atomic mass is 35.5. The monoisotopic (exact) mass is 471 g/mol. The number of rotatable bonds is 9. The third-order valence-electron chi connectivity index (χ3n) is 4.83. The summed E-state index contributed by atoms with van der Waals surface area (Å²) in [5.74, 6) is 1.10. The standard InChI is InChI=1S/C25H27ClFN3O3/c1-16(2)15-33-24-20(26)12-17(13-21(24)32-4)8-9-22(31)29-23(25-28-10-11-30(25)3)18-6-5-7-19(27)14-18/h5-14,16,23H,15H2,1-4H3,(H,29,31)/b9-8+. The Hall–Kier alpha value is -3.32. The molecule has 3 aromatic rings. The van der Waals surface area contributed by atoms with Crippen LogP contribution in [-0.4, -0.2) is 29.2 Å². The molecule has 1 N–H and O–H groups in total. The maximum atomic E-state index is 13.8. The first-order valence-electron chi connectivity index (χ1n) is 10.5. The second-order valence-electron chi connectivity index (χ2n) is 7.97. The van der Waals surface area contributed by atoms with E-state index in [1.54, 1.807) is 47.3 Å². The summed E-state index contributed by atoms with van der Waals surface area (Å²) in [6.07, 6.45) is 6.40. The molecule has 174 valence electrons. The Morgan fingerprint density at radius 3 is 2.73 bits per heavy atom. The molecule has 0 aliphatic heterocycles. The summed E-state index contributed by atoms with van der Waals surface area (Å²) in [5, 5.41) is 3.29. The minimum Gasteiger partial charge on any atom is -0.493 e. The lowest BCUT2D eigenvalue weighted by molar-refractivity contribution is -0.117. The molecule has 6 nitrogen and oxygen atoms in total. The van der Waals surface area contributed by atoms with Gasteiger partial charge in [0.05, 0.1) is 18.7 Å². The predicted molar refractivity (Wildman–Crippen MR) is 127 cm³/mol. The number of aryl methyl sites for hydroxylation is 1. The first-order valence-corrected chi connectivity index (χ1v) is 10.9. The molecule has 0 fully saturated rings. The lowest BCUT2D eigenvalue weighted by atomic mass is 10.1. The number of carbonyl (C=O) groups excluding carboxylic acids is 1. The molecule has 1 heterocycles. The van der Waals surface area contributed by atoms with E-state index < -0.39 is 11.9 Å². The number of nitrogens with one attached hydrogen (secondary N) is 1. The van der Waals surface area contributed by atoms with Gasteiger partial charge in [-0.3, -0.25) is 4.79 Å². The van der Waals surface area contributed by atoms with Crippen LogP contribution in [0.25, 0.3) is 6.08 Å². The molecule has 0 aliphatic carbocycles. The van der Waals surface area contributed by atoms with Crippen molar-refractivity contribution >= 4 is 23.6 Å². The number of imidazole rings is 1. The molecule has 8 heteroatoms. The van der Waals surface area contributed by atoms with Crippen molar-refractivity contribution in [2.45, 2.75) is 19.9 Å². The molecule has 1 amide bonds. The quantitative estimate of drug-likeness (QED) is 0.437. The van der Waals surface area contributed by atoms with E-state index in [0.29, 0.717) is 46.0 Å². The van der Waals surface area contributed by atoms with Crippen LogP contribution in [0.5, 0.6) is 11.5 Å². The molecule has 0 spiro atoms. The zero-order valence-electron chi connectivity index (χ0n) is 19.0. The van der Waals surface area contributed by atoms with Crippen LogP contribution in [0.4, 0.5) is 4.39 Å². The Labute approximate surface area is 198 Å². The largest absolute Gasteiger partial charge is 0.493 e. The van der Waals surface area contributed by atoms with Crippen LogP contribution in [0, 0.1) is 11.7 Å². The van der Waals surface area contributed by atoms with Crippen LogP contribution >= 0.6 is 11.6 Å². The zero-order valence-corrected chi connectivity index (χ0v) is 19.8. The van der Waals surface area contributed by atoms with Gasteiger partial charge in [0.15, 0.2) is 11.5 Å². The molecule has 33 heavy (non-hydrogen) atoms. The molecule has 0 bridgehead atoms. The number of benzene rings is 2. The number of halogens is 2. The fourth-order valence-electron chi connectivity index (χ4n) is 3.23. The van der Waals surface area contributed by atoms with E-state index in [1.807, 2.05) is 20.9 Å². The maximum absolute atomic E-state index is 13.8. The lowest BCUT2D eigenvalue weighted by Crippen LogP contribution is -2.29. The third kappa shape index (κ3) is 6.35. The van der Waals surface area contributed by atoms with Crippen molar-refractivity contribution in [3.8, 4) is 11.5 Å². The van der Waals surface area contributed by atoms with E-state index in [9.17, 15) is 9.18 Å². The minimum atomic E-state index is -0.622. The molecule has 0 saturated carbocycles. The third-order valence-corrected chi connectivity index (χ3v) is 5.11. The summed E-state index contributed by atoms with van der Waals surface area (Å²) in [4.78, 5) is 17.1. The Kier molecular flexibility index (Phi) is 8.11. The van der Waals surface area contributed by atoms with Crippen molar-refractivity contribution in [2.75, 3.05) is 13.7 Å². The van der Waals surface area contributed by atoms with Crippen LogP contribution in [0.2, 0.25) is 5.02 Å². The van der Waals surface area contributed by atoms with Crippen LogP contribution in [-0.2, 0) is 11.8 Å². The highest BCUT2D eigenvalue weighted by Gasteiger charge is 2.20. The summed E-state index contributed by atoms with van der Waals surface area (Å²) in [6.45, 7) is 4.58. The first-order chi connectivity index (χ1) is 15.8. The average Bonchev–Trinajstić information content (AvgIpc) is 3.20. The van der Waals surface area contributed by atoms with Gasteiger partial charge in [-0.25, -0.2) is 9.37 Å². The second-order valence-corrected chi connectivity index (χ2v) is 8.37. The average molecular weight is 472 g/mol. The van der Waals surface area contributed by atoms with Gasteiger partial charge >= 0.3 is 0 Å². The predicted octanol–water partition coefficient (Wildman–Crippen LogP) is 5.18. The van der Waals surface area contributed by atoms with Gasteiger partial charge in [-0.15, -0.1) is 0 Å². The van der Waals surface area contributed by atoms with E-state index in [4.69, 9.17) is 21.1 Å². The number of nitrogens with zero attached hydrogens (tertiary/aromatic N) is 2. The molecule has 0 aliphatic rings. The number of hydrogen-bond donors (Lipinski definition) is 1. The van der Waals surface area contributed by atoms with Crippen molar-refractivity contribution in [3.05, 3.63) is 82.7 Å². The van der Waals surface area contributed by atoms with Crippen molar-refractivity contribution < 1.29 is 18.7 Å². The number of amides is 1. The van der Waals surface area contributed by atoms with Crippen molar-refractivity contribution in [1.82, 2.24) is 14.9 Å². The number of hydrogen-bond acceptors (Lipinski definition) is 4. The Morgan fingerprint density at radius 2 is 2.09 bits per heavy atom. The second kappa shape index (κ2) is 11.0. The van der Waals surface area contributed by atoms with Crippen LogP contribution in [0.3, 0.4) is 0 Å². The van der Waals surface area contributed by atoms with Gasteiger partial charge in [-0.1, -0.05) is 37.6 Å². The molecule has 1 unspecified atom stereocenters. The lowest BCUT2D eigenvalue weighted by Gasteiger charge is -2.18. The van der Waals surface area contributed by atoms with Crippen molar-refractivity contribution in [3.63, 3.8) is 0 Å². The summed E-state index contributed by atoms with van der Waals surface area (Å²) < 4.78 is 26.8. The molecular weight excluding hydrogens is 445 g/mol. The van der Waals surface area contributed by atoms with Crippen molar-refractivity contribution in [2.24, 2.45) is 13.0 Å². The number of carbonyl (C=O) groups is 1. The van der Waals surface area contributed by atoms with Crippen LogP contribution < -0.4 is 14.8 Å². The summed E-state index contributed by atoms with van der Waals surface area (Å²) in [5.41, 5.74) is 1.26. The molecule has 2 aromatic carbocycles. The number of methoxy groups -OCH3 is 1. The summed E-state index contributed by atoms with van der Waals surface area (Å²) in [6, 6.07) is 8.89. The van der Waals surface area contributed by atoms with Gasteiger partial charge in [0.1, 0.15) is 17.7 Å². The molecule has 3 rings (SSSR count). The van der Waals surface area contributed by atoms with Gasteiger partial charge in [-0.2, -0.15) is 0 Å². The molecule has 1 aromatic heterocycles. The Morgan fingerprint density at radius 1 is 1.30 bits per heavy atom. The summed E-state index contributed by atoms with van der Waals surface area (Å²) >= 11 is 6.39. The first kappa shape index (κ1) is 24.3. The molecule has 1 atom stereocenters. The van der Waals surface area contributed by atoms with Gasteiger partial charge in [0.25, 0.3) is 0 Å². The SMILES string of the molecule is COc1cc(/C=C/C(=O)NC(c2cccc(F)c2)c2nccn2C)cc(Cl)c1OCC(C)C. The molecule has 0 saturated heterocycles. The smallest absolute Gasteiger partial charge is 0.244 e. The van der Waals surface area contributed by atoms with E-state index in [2.05, 4.69) is 10.3 Å². The molecule has 0 radical (unpaired) electrons. The topological polar surface area (TPSA) is 65.4 Å². The van der Waals surface area contributed by atoms with E-state index >= 15 is 0 Å². The highest BCUT2D eigenvalue weighted by molar-refractivity contribution is 6.32.